The maximum Gasteiger partial charge on any atom is 0.254 e. The normalized spacial score (nSPS) is 17.7. The van der Waals surface area contributed by atoms with Crippen molar-refractivity contribution in [1.29, 1.82) is 0 Å². The molecule has 0 spiro atoms. The fourth-order valence-corrected chi connectivity index (χ4v) is 2.24. The van der Waals surface area contributed by atoms with E-state index in [1.54, 1.807) is 0 Å². The van der Waals surface area contributed by atoms with Crippen LogP contribution in [0.2, 0.25) is 0 Å². The van der Waals surface area contributed by atoms with Crippen LogP contribution in [0.5, 0.6) is 5.88 Å². The molecule has 1 aliphatic carbocycles. The minimum Gasteiger partial charge on any atom is -0.474 e. The topological polar surface area (TPSA) is 55.0 Å². The number of aromatic nitrogens is 2. The molecule has 1 heterocycles. The van der Waals surface area contributed by atoms with E-state index in [2.05, 4.69) is 9.97 Å². The summed E-state index contributed by atoms with van der Waals surface area (Å²) in [5.41, 5.74) is -0.125. The molecule has 1 saturated carbocycles. The highest BCUT2D eigenvalue weighted by Gasteiger charge is 2.14. The van der Waals surface area contributed by atoms with Crippen LogP contribution in [0.4, 0.5) is 0 Å². The van der Waals surface area contributed by atoms with E-state index in [4.69, 9.17) is 4.74 Å². The third-order valence-corrected chi connectivity index (χ3v) is 3.19. The highest BCUT2D eigenvalue weighted by molar-refractivity contribution is 5.09. The van der Waals surface area contributed by atoms with Crippen molar-refractivity contribution in [2.75, 3.05) is 0 Å². The van der Waals surface area contributed by atoms with Gasteiger partial charge in [-0.2, -0.15) is 0 Å². The quantitative estimate of drug-likeness (QED) is 0.820. The van der Waals surface area contributed by atoms with E-state index >= 15 is 0 Å². The largest absolute Gasteiger partial charge is 0.474 e. The molecule has 4 heteroatoms. The zero-order valence-electron chi connectivity index (χ0n) is 10.4. The number of aromatic amines is 1. The van der Waals surface area contributed by atoms with Gasteiger partial charge >= 0.3 is 0 Å². The second-order valence-electron chi connectivity index (χ2n) is 4.62. The molecule has 1 fully saturated rings. The van der Waals surface area contributed by atoms with E-state index in [-0.39, 0.29) is 11.7 Å². The van der Waals surface area contributed by atoms with Crippen molar-refractivity contribution in [3.63, 3.8) is 0 Å². The van der Waals surface area contributed by atoms with Gasteiger partial charge in [-0.15, -0.1) is 0 Å². The molecule has 0 bridgehead atoms. The van der Waals surface area contributed by atoms with Gasteiger partial charge in [-0.1, -0.05) is 19.8 Å². The molecule has 1 aromatic rings. The third kappa shape index (κ3) is 3.58. The molecule has 0 amide bonds. The average molecular weight is 236 g/mol. The van der Waals surface area contributed by atoms with Gasteiger partial charge in [0.25, 0.3) is 5.56 Å². The first kappa shape index (κ1) is 12.1. The van der Waals surface area contributed by atoms with Gasteiger partial charge in [0, 0.05) is 6.42 Å². The fourth-order valence-electron chi connectivity index (χ4n) is 2.24. The van der Waals surface area contributed by atoms with Gasteiger partial charge in [0.2, 0.25) is 5.88 Å². The number of ether oxygens (including phenoxy) is 1. The van der Waals surface area contributed by atoms with Gasteiger partial charge in [0.05, 0.1) is 6.07 Å². The van der Waals surface area contributed by atoms with Gasteiger partial charge in [-0.25, -0.2) is 4.98 Å². The molecule has 1 aromatic heterocycles. The summed E-state index contributed by atoms with van der Waals surface area (Å²) in [6, 6.07) is 1.45. The summed E-state index contributed by atoms with van der Waals surface area (Å²) in [6.45, 7) is 1.97. The summed E-state index contributed by atoms with van der Waals surface area (Å²) in [4.78, 5) is 18.4. The second kappa shape index (κ2) is 5.84. The highest BCUT2D eigenvalue weighted by atomic mass is 16.5. The molecule has 1 aliphatic rings. The molecule has 0 saturated heterocycles. The number of hydrogen-bond donors (Lipinski definition) is 1. The first-order chi connectivity index (χ1) is 8.28. The third-order valence-electron chi connectivity index (χ3n) is 3.19. The van der Waals surface area contributed by atoms with Gasteiger partial charge in [-0.05, 0) is 25.7 Å². The Morgan fingerprint density at radius 3 is 2.71 bits per heavy atom. The molecule has 0 radical (unpaired) electrons. The molecule has 0 aromatic carbocycles. The summed E-state index contributed by atoms with van der Waals surface area (Å²) in [6.07, 6.45) is 8.13. The van der Waals surface area contributed by atoms with Crippen LogP contribution in [0, 0.1) is 0 Å². The minimum atomic E-state index is -0.125. The number of aryl methyl sites for hydroxylation is 1. The van der Waals surface area contributed by atoms with Gasteiger partial charge in [-0.3, -0.25) is 4.79 Å². The predicted octanol–water partition coefficient (Wildman–Crippen LogP) is 2.43. The molecule has 0 unspecified atom stereocenters. The van der Waals surface area contributed by atoms with Gasteiger partial charge in [0.15, 0.2) is 0 Å². The van der Waals surface area contributed by atoms with Crippen LogP contribution < -0.4 is 10.3 Å². The first-order valence-corrected chi connectivity index (χ1v) is 6.55. The lowest BCUT2D eigenvalue weighted by molar-refractivity contribution is 0.175. The van der Waals surface area contributed by atoms with Crippen LogP contribution in [0.1, 0.15) is 51.3 Å². The smallest absolute Gasteiger partial charge is 0.254 e. The van der Waals surface area contributed by atoms with Crippen LogP contribution in [-0.2, 0) is 6.42 Å². The Kier molecular flexibility index (Phi) is 4.18. The van der Waals surface area contributed by atoms with E-state index in [1.807, 2.05) is 6.92 Å². The van der Waals surface area contributed by atoms with Crippen molar-refractivity contribution in [3.8, 4) is 5.88 Å². The van der Waals surface area contributed by atoms with Crippen molar-refractivity contribution in [3.05, 3.63) is 22.2 Å². The van der Waals surface area contributed by atoms with Gasteiger partial charge in [0.1, 0.15) is 11.9 Å². The Hall–Kier alpha value is -1.32. The number of nitrogens with one attached hydrogen (secondary N) is 1. The van der Waals surface area contributed by atoms with Crippen molar-refractivity contribution >= 4 is 0 Å². The number of rotatable bonds is 3. The Bertz CT molecular complexity index is 406. The molecule has 0 aliphatic heterocycles. The molecule has 1 N–H and O–H groups in total. The summed E-state index contributed by atoms with van der Waals surface area (Å²) < 4.78 is 5.83. The van der Waals surface area contributed by atoms with Crippen molar-refractivity contribution < 1.29 is 4.74 Å². The second-order valence-corrected chi connectivity index (χ2v) is 4.62. The number of nitrogens with zero attached hydrogens (tertiary/aromatic N) is 1. The van der Waals surface area contributed by atoms with E-state index in [9.17, 15) is 4.79 Å². The Morgan fingerprint density at radius 2 is 2.06 bits per heavy atom. The zero-order chi connectivity index (χ0) is 12.1. The fraction of sp³-hybridized carbons (Fsp3) is 0.692. The Labute approximate surface area is 101 Å². The van der Waals surface area contributed by atoms with E-state index in [0.717, 1.165) is 19.3 Å². The summed E-state index contributed by atoms with van der Waals surface area (Å²) in [5.74, 6) is 1.18. The standard InChI is InChI=1S/C13H20N2O2/c1-2-11-14-12(16)9-13(15-11)17-10-7-5-3-4-6-8-10/h9-10H,2-8H2,1H3,(H,14,15,16). The molecular weight excluding hydrogens is 216 g/mol. The van der Waals surface area contributed by atoms with Crippen LogP contribution in [0.3, 0.4) is 0 Å². The Morgan fingerprint density at radius 1 is 1.35 bits per heavy atom. The molecule has 17 heavy (non-hydrogen) atoms. The summed E-state index contributed by atoms with van der Waals surface area (Å²) in [5, 5.41) is 0. The molecular formula is C13H20N2O2. The zero-order valence-corrected chi connectivity index (χ0v) is 10.4. The minimum absolute atomic E-state index is 0.125. The maximum atomic E-state index is 11.4. The van der Waals surface area contributed by atoms with Gasteiger partial charge < -0.3 is 9.72 Å². The lowest BCUT2D eigenvalue weighted by Crippen LogP contribution is -2.19. The highest BCUT2D eigenvalue weighted by Crippen LogP contribution is 2.21. The van der Waals surface area contributed by atoms with Crippen LogP contribution in [0.25, 0.3) is 0 Å². The maximum absolute atomic E-state index is 11.4. The summed E-state index contributed by atoms with van der Waals surface area (Å²) >= 11 is 0. The Balaban J connectivity index is 2.06. The number of hydrogen-bond acceptors (Lipinski definition) is 3. The molecule has 0 atom stereocenters. The molecule has 2 rings (SSSR count). The molecule has 94 valence electrons. The number of H-pyrrole nitrogens is 1. The van der Waals surface area contributed by atoms with E-state index in [0.29, 0.717) is 11.7 Å². The average Bonchev–Trinajstić information content (AvgIpc) is 2.57. The predicted molar refractivity (Wildman–Crippen MR) is 66.4 cm³/mol. The van der Waals surface area contributed by atoms with E-state index < -0.39 is 0 Å². The van der Waals surface area contributed by atoms with Crippen molar-refractivity contribution in [2.45, 2.75) is 58.0 Å². The lowest BCUT2D eigenvalue weighted by Gasteiger charge is -2.16. The lowest BCUT2D eigenvalue weighted by atomic mass is 10.1. The summed E-state index contributed by atoms with van der Waals surface area (Å²) in [7, 11) is 0. The monoisotopic (exact) mass is 236 g/mol. The van der Waals surface area contributed by atoms with Crippen LogP contribution in [-0.4, -0.2) is 16.1 Å². The van der Waals surface area contributed by atoms with Crippen LogP contribution in [0.15, 0.2) is 10.9 Å². The van der Waals surface area contributed by atoms with Crippen molar-refractivity contribution in [1.82, 2.24) is 9.97 Å². The van der Waals surface area contributed by atoms with E-state index in [1.165, 1.54) is 31.7 Å². The van der Waals surface area contributed by atoms with Crippen LogP contribution >= 0.6 is 0 Å². The SMILES string of the molecule is CCc1nc(OC2CCCCCC2)cc(=O)[nH]1. The molecule has 4 nitrogen and oxygen atoms in total. The first-order valence-electron chi connectivity index (χ1n) is 6.55. The van der Waals surface area contributed by atoms with Crippen molar-refractivity contribution in [2.24, 2.45) is 0 Å².